The molecule has 0 aliphatic carbocycles. The van der Waals surface area contributed by atoms with Gasteiger partial charge in [0.1, 0.15) is 11.5 Å². The van der Waals surface area contributed by atoms with Crippen molar-refractivity contribution >= 4 is 34.0 Å². The van der Waals surface area contributed by atoms with Gasteiger partial charge in [-0.15, -0.1) is 0 Å². The number of carbonyl (C=O) groups excluding carboxylic acids is 2. The summed E-state index contributed by atoms with van der Waals surface area (Å²) in [5.41, 5.74) is 3.57. The largest absolute Gasteiger partial charge is 0.496 e. The van der Waals surface area contributed by atoms with Crippen molar-refractivity contribution in [2.24, 2.45) is 5.10 Å². The predicted octanol–water partition coefficient (Wildman–Crippen LogP) is 3.55. The topological polar surface area (TPSA) is 86.2 Å². The van der Waals surface area contributed by atoms with Crippen LogP contribution in [0.5, 0.6) is 11.5 Å². The number of methoxy groups -OCH3 is 1. The molecule has 1 N–H and O–H groups in total. The normalized spacial score (nSPS) is 10.8. The van der Waals surface area contributed by atoms with Crippen LogP contribution in [0.15, 0.2) is 52.0 Å². The lowest BCUT2D eigenvalue weighted by atomic mass is 10.2. The number of rotatable bonds is 8. The lowest BCUT2D eigenvalue weighted by Gasteiger charge is -2.09. The number of carbonyl (C=O) groups is 2. The van der Waals surface area contributed by atoms with Gasteiger partial charge in [-0.1, -0.05) is 15.9 Å². The van der Waals surface area contributed by atoms with Crippen LogP contribution in [-0.4, -0.2) is 37.9 Å². The molecule has 0 bridgehead atoms. The van der Waals surface area contributed by atoms with Crippen LogP contribution >= 0.6 is 15.9 Å². The van der Waals surface area contributed by atoms with Gasteiger partial charge in [0.05, 0.1) is 25.0 Å². The molecule has 0 aromatic heterocycles. The van der Waals surface area contributed by atoms with Gasteiger partial charge in [-0.05, 0) is 61.9 Å². The summed E-state index contributed by atoms with van der Waals surface area (Å²) in [6, 6.07) is 12.0. The smallest absolute Gasteiger partial charge is 0.344 e. The molecule has 7 nitrogen and oxygen atoms in total. The number of hydrogen-bond acceptors (Lipinski definition) is 6. The predicted molar refractivity (Wildman–Crippen MR) is 109 cm³/mol. The molecule has 2 aromatic carbocycles. The van der Waals surface area contributed by atoms with Gasteiger partial charge in [0.2, 0.25) is 0 Å². The van der Waals surface area contributed by atoms with Gasteiger partial charge in [-0.3, -0.25) is 4.79 Å². The maximum Gasteiger partial charge on any atom is 0.344 e. The minimum atomic E-state index is -0.425. The Bertz CT molecular complexity index is 850. The van der Waals surface area contributed by atoms with Gasteiger partial charge in [0.25, 0.3) is 5.91 Å². The average Bonchev–Trinajstić information content (AvgIpc) is 2.66. The molecule has 1 amide bonds. The molecular formula is C20H21BrN2O5. The summed E-state index contributed by atoms with van der Waals surface area (Å²) in [5.74, 6) is 0.165. The first-order valence-corrected chi connectivity index (χ1v) is 9.27. The zero-order valence-electron chi connectivity index (χ0n) is 15.8. The molecule has 28 heavy (non-hydrogen) atoms. The highest BCUT2D eigenvalue weighted by Gasteiger charge is 2.12. The molecule has 8 heteroatoms. The number of ether oxygens (including phenoxy) is 3. The quantitative estimate of drug-likeness (QED) is 0.379. The van der Waals surface area contributed by atoms with E-state index in [4.69, 9.17) is 14.2 Å². The highest BCUT2D eigenvalue weighted by molar-refractivity contribution is 9.10. The first kappa shape index (κ1) is 21.4. The molecule has 0 saturated carbocycles. The number of nitrogens with zero attached hydrogens (tertiary/aromatic N) is 1. The van der Waals surface area contributed by atoms with Crippen LogP contribution in [0.1, 0.15) is 29.8 Å². The summed E-state index contributed by atoms with van der Waals surface area (Å²) in [6.07, 6.45) is 1.32. The summed E-state index contributed by atoms with van der Waals surface area (Å²) >= 11 is 3.32. The first-order valence-electron chi connectivity index (χ1n) is 8.48. The summed E-state index contributed by atoms with van der Waals surface area (Å²) in [6.45, 7) is 3.39. The minimum Gasteiger partial charge on any atom is -0.496 e. The Morgan fingerprint density at radius 2 is 1.89 bits per heavy atom. The number of halogens is 1. The Hall–Kier alpha value is -2.87. The molecule has 0 aliphatic rings. The van der Waals surface area contributed by atoms with Crippen LogP contribution in [0.25, 0.3) is 0 Å². The van der Waals surface area contributed by atoms with Crippen LogP contribution in [0.3, 0.4) is 0 Å². The van der Waals surface area contributed by atoms with Gasteiger partial charge in [-0.2, -0.15) is 5.10 Å². The maximum atomic E-state index is 12.3. The van der Waals surface area contributed by atoms with Crippen molar-refractivity contribution in [3.05, 3.63) is 58.1 Å². The van der Waals surface area contributed by atoms with Crippen molar-refractivity contribution in [2.75, 3.05) is 13.7 Å². The molecule has 0 atom stereocenters. The molecule has 0 unspecified atom stereocenters. The Morgan fingerprint density at radius 3 is 2.54 bits per heavy atom. The van der Waals surface area contributed by atoms with Crippen LogP contribution < -0.4 is 14.9 Å². The number of nitrogens with one attached hydrogen (secondary N) is 1. The molecule has 2 rings (SSSR count). The first-order chi connectivity index (χ1) is 13.4. The Kier molecular flexibility index (Phi) is 8.01. The zero-order valence-corrected chi connectivity index (χ0v) is 17.4. The SMILES string of the molecule is COc1ccc(Br)cc1C(=O)N/N=C\c1ccc(OCC(=O)OC(C)C)cc1. The summed E-state index contributed by atoms with van der Waals surface area (Å²) < 4.78 is 16.3. The van der Waals surface area contributed by atoms with E-state index >= 15 is 0 Å². The summed E-state index contributed by atoms with van der Waals surface area (Å²) in [4.78, 5) is 23.7. The van der Waals surface area contributed by atoms with E-state index in [0.717, 1.165) is 10.0 Å². The van der Waals surface area contributed by atoms with Gasteiger partial charge < -0.3 is 14.2 Å². The second kappa shape index (κ2) is 10.5. The van der Waals surface area contributed by atoms with E-state index < -0.39 is 11.9 Å². The molecule has 0 spiro atoms. The second-order valence-electron chi connectivity index (χ2n) is 5.94. The second-order valence-corrected chi connectivity index (χ2v) is 6.86. The fourth-order valence-electron chi connectivity index (χ4n) is 2.17. The number of esters is 1. The van der Waals surface area contributed by atoms with E-state index in [0.29, 0.717) is 17.1 Å². The average molecular weight is 449 g/mol. The van der Waals surface area contributed by atoms with Crippen molar-refractivity contribution in [3.63, 3.8) is 0 Å². The summed E-state index contributed by atoms with van der Waals surface area (Å²) in [7, 11) is 1.50. The van der Waals surface area contributed by atoms with E-state index in [1.807, 2.05) is 0 Å². The van der Waals surface area contributed by atoms with Crippen LogP contribution in [0.2, 0.25) is 0 Å². The number of benzene rings is 2. The van der Waals surface area contributed by atoms with Crippen molar-refractivity contribution < 1.29 is 23.8 Å². The fourth-order valence-corrected chi connectivity index (χ4v) is 2.53. The maximum absolute atomic E-state index is 12.3. The van der Waals surface area contributed by atoms with Crippen molar-refractivity contribution in [3.8, 4) is 11.5 Å². The van der Waals surface area contributed by atoms with Crippen molar-refractivity contribution in [2.45, 2.75) is 20.0 Å². The number of hydrazone groups is 1. The highest BCUT2D eigenvalue weighted by Crippen LogP contribution is 2.22. The standard InChI is InChI=1S/C20H21BrN2O5/c1-13(2)28-19(24)12-27-16-7-4-14(5-8-16)11-22-23-20(25)17-10-15(21)6-9-18(17)26-3/h4-11,13H,12H2,1-3H3,(H,23,25)/b22-11-. The van der Waals surface area contributed by atoms with Crippen LogP contribution in [0, 0.1) is 0 Å². The number of amides is 1. The van der Waals surface area contributed by atoms with E-state index in [-0.39, 0.29) is 12.7 Å². The molecule has 0 aliphatic heterocycles. The molecule has 148 valence electrons. The van der Waals surface area contributed by atoms with Gasteiger partial charge in [0.15, 0.2) is 6.61 Å². The molecular weight excluding hydrogens is 428 g/mol. The summed E-state index contributed by atoms with van der Waals surface area (Å²) in [5, 5.41) is 3.95. The molecule has 2 aromatic rings. The monoisotopic (exact) mass is 448 g/mol. The third kappa shape index (κ3) is 6.70. The number of hydrogen-bond donors (Lipinski definition) is 1. The van der Waals surface area contributed by atoms with Gasteiger partial charge in [-0.25, -0.2) is 10.2 Å². The van der Waals surface area contributed by atoms with E-state index in [1.165, 1.54) is 13.3 Å². The molecule has 0 radical (unpaired) electrons. The van der Waals surface area contributed by atoms with Crippen molar-refractivity contribution in [1.82, 2.24) is 5.43 Å². The lowest BCUT2D eigenvalue weighted by Crippen LogP contribution is -2.18. The highest BCUT2D eigenvalue weighted by atomic mass is 79.9. The van der Waals surface area contributed by atoms with Crippen molar-refractivity contribution in [1.29, 1.82) is 0 Å². The fraction of sp³-hybridized carbons (Fsp3) is 0.250. The van der Waals surface area contributed by atoms with E-state index in [2.05, 4.69) is 26.5 Å². The Labute approximate surface area is 171 Å². The van der Waals surface area contributed by atoms with Crippen LogP contribution in [0.4, 0.5) is 0 Å². The molecule has 0 saturated heterocycles. The zero-order chi connectivity index (χ0) is 20.5. The Morgan fingerprint density at radius 1 is 1.18 bits per heavy atom. The van der Waals surface area contributed by atoms with Gasteiger partial charge >= 0.3 is 5.97 Å². The van der Waals surface area contributed by atoms with Gasteiger partial charge in [0, 0.05) is 4.47 Å². The third-order valence-corrected chi connectivity index (χ3v) is 3.88. The van der Waals surface area contributed by atoms with E-state index in [9.17, 15) is 9.59 Å². The van der Waals surface area contributed by atoms with E-state index in [1.54, 1.807) is 56.3 Å². The Balaban J connectivity index is 1.90. The van der Waals surface area contributed by atoms with Crippen LogP contribution in [-0.2, 0) is 9.53 Å². The third-order valence-electron chi connectivity index (χ3n) is 3.39. The minimum absolute atomic E-state index is 0.157. The lowest BCUT2D eigenvalue weighted by molar-refractivity contribution is -0.149. The molecule has 0 fully saturated rings. The molecule has 0 heterocycles.